The normalized spacial score (nSPS) is 11.7. The summed E-state index contributed by atoms with van der Waals surface area (Å²) >= 11 is 0. The third kappa shape index (κ3) is 6.47. The van der Waals surface area contributed by atoms with E-state index >= 15 is 0 Å². The molecule has 0 saturated carbocycles. The van der Waals surface area contributed by atoms with Crippen LogP contribution < -0.4 is 16.0 Å². The van der Waals surface area contributed by atoms with Crippen LogP contribution in [0, 0.1) is 17.6 Å². The van der Waals surface area contributed by atoms with Gasteiger partial charge in [-0.15, -0.1) is 0 Å². The summed E-state index contributed by atoms with van der Waals surface area (Å²) in [6.07, 6.45) is 3.26. The van der Waals surface area contributed by atoms with Crippen molar-refractivity contribution in [1.29, 1.82) is 0 Å². The van der Waals surface area contributed by atoms with Crippen LogP contribution in [0.15, 0.2) is 60.9 Å². The molecule has 1 aromatic heterocycles. The molecular weight excluding hydrogens is 444 g/mol. The van der Waals surface area contributed by atoms with Gasteiger partial charge in [0.1, 0.15) is 29.8 Å². The molecule has 1 atom stereocenters. The zero-order valence-electron chi connectivity index (χ0n) is 18.7. The maximum atomic E-state index is 13.9. The Kier molecular flexibility index (Phi) is 8.07. The summed E-state index contributed by atoms with van der Waals surface area (Å²) < 4.78 is 29.3. The van der Waals surface area contributed by atoms with Crippen molar-refractivity contribution in [3.05, 3.63) is 83.7 Å². The average Bonchev–Trinajstić information content (AvgIpc) is 3.28. The molecule has 0 radical (unpaired) electrons. The van der Waals surface area contributed by atoms with Gasteiger partial charge in [0.05, 0.1) is 0 Å². The topological polar surface area (TPSA) is 105 Å². The Morgan fingerprint density at radius 2 is 1.74 bits per heavy atom. The smallest absolute Gasteiger partial charge is 0.257 e. The fourth-order valence-corrected chi connectivity index (χ4v) is 3.26. The highest BCUT2D eigenvalue weighted by molar-refractivity contribution is 5.98. The Morgan fingerprint density at radius 3 is 2.38 bits per heavy atom. The standard InChI is InChI=1S/C24H25F2N5O3/c1-15(2)22(30-23(33)21-18(25)8-4-9-19(21)26)24(34)27-13-16-6-3-7-17(12-16)29-20(32)14-31-11-5-10-28-31/h3-12,15,22H,13-14H2,1-2H3,(H,27,34)(H,29,32)(H,30,33)/t22-/m0/s1. The Labute approximate surface area is 195 Å². The van der Waals surface area contributed by atoms with Gasteiger partial charge >= 0.3 is 0 Å². The van der Waals surface area contributed by atoms with Crippen molar-refractivity contribution in [1.82, 2.24) is 20.4 Å². The molecule has 0 aliphatic rings. The maximum Gasteiger partial charge on any atom is 0.257 e. The van der Waals surface area contributed by atoms with Gasteiger partial charge in [0.15, 0.2) is 0 Å². The first-order valence-corrected chi connectivity index (χ1v) is 10.6. The molecule has 0 saturated heterocycles. The number of nitrogens with zero attached hydrogens (tertiary/aromatic N) is 2. The number of nitrogens with one attached hydrogen (secondary N) is 3. The fourth-order valence-electron chi connectivity index (χ4n) is 3.26. The molecule has 0 bridgehead atoms. The second-order valence-electron chi connectivity index (χ2n) is 7.96. The second-order valence-corrected chi connectivity index (χ2v) is 7.96. The molecule has 0 fully saturated rings. The van der Waals surface area contributed by atoms with Gasteiger partial charge in [0.2, 0.25) is 11.8 Å². The summed E-state index contributed by atoms with van der Waals surface area (Å²) in [6, 6.07) is 10.7. The summed E-state index contributed by atoms with van der Waals surface area (Å²) in [7, 11) is 0. The maximum absolute atomic E-state index is 13.9. The van der Waals surface area contributed by atoms with Crippen LogP contribution in [0.2, 0.25) is 0 Å². The van der Waals surface area contributed by atoms with E-state index in [0.717, 1.165) is 18.2 Å². The first kappa shape index (κ1) is 24.6. The van der Waals surface area contributed by atoms with Crippen LogP contribution in [0.5, 0.6) is 0 Å². The van der Waals surface area contributed by atoms with Crippen LogP contribution in [-0.2, 0) is 22.7 Å². The lowest BCUT2D eigenvalue weighted by Gasteiger charge is -2.22. The van der Waals surface area contributed by atoms with Gasteiger partial charge in [-0.25, -0.2) is 8.78 Å². The third-order valence-electron chi connectivity index (χ3n) is 4.97. The van der Waals surface area contributed by atoms with Crippen LogP contribution in [0.3, 0.4) is 0 Å². The third-order valence-corrected chi connectivity index (χ3v) is 4.97. The minimum atomic E-state index is -1.01. The highest BCUT2D eigenvalue weighted by atomic mass is 19.1. The molecule has 8 nitrogen and oxygen atoms in total. The molecule has 178 valence electrons. The monoisotopic (exact) mass is 469 g/mol. The predicted molar refractivity (Wildman–Crippen MR) is 122 cm³/mol. The number of halogens is 2. The molecule has 3 aromatic rings. The number of anilines is 1. The second kappa shape index (κ2) is 11.2. The molecule has 1 heterocycles. The molecule has 0 aliphatic heterocycles. The van der Waals surface area contributed by atoms with Crippen molar-refractivity contribution in [2.75, 3.05) is 5.32 Å². The van der Waals surface area contributed by atoms with Gasteiger partial charge in [-0.05, 0) is 41.8 Å². The average molecular weight is 469 g/mol. The zero-order chi connectivity index (χ0) is 24.7. The predicted octanol–water partition coefficient (Wildman–Crippen LogP) is 2.87. The first-order chi connectivity index (χ1) is 16.2. The molecule has 3 rings (SSSR count). The molecule has 0 spiro atoms. The summed E-state index contributed by atoms with van der Waals surface area (Å²) in [5.74, 6) is -4.13. The van der Waals surface area contributed by atoms with Crippen molar-refractivity contribution in [3.63, 3.8) is 0 Å². The molecule has 0 unspecified atom stereocenters. The number of benzene rings is 2. The molecule has 34 heavy (non-hydrogen) atoms. The van der Waals surface area contributed by atoms with Crippen LogP contribution in [-0.4, -0.2) is 33.5 Å². The number of carbonyl (C=O) groups is 3. The summed E-state index contributed by atoms with van der Waals surface area (Å²) in [4.78, 5) is 37.3. The summed E-state index contributed by atoms with van der Waals surface area (Å²) in [5, 5.41) is 11.9. The minimum absolute atomic E-state index is 0.0618. The number of hydrogen-bond donors (Lipinski definition) is 3. The molecule has 2 aromatic carbocycles. The van der Waals surface area contributed by atoms with E-state index in [1.165, 1.54) is 4.68 Å². The highest BCUT2D eigenvalue weighted by Gasteiger charge is 2.27. The largest absolute Gasteiger partial charge is 0.350 e. The van der Waals surface area contributed by atoms with Gasteiger partial charge in [-0.2, -0.15) is 5.10 Å². The van der Waals surface area contributed by atoms with E-state index in [9.17, 15) is 23.2 Å². The highest BCUT2D eigenvalue weighted by Crippen LogP contribution is 2.14. The number of rotatable bonds is 9. The number of amides is 3. The lowest BCUT2D eigenvalue weighted by atomic mass is 10.0. The van der Waals surface area contributed by atoms with Crippen molar-refractivity contribution < 1.29 is 23.2 Å². The zero-order valence-corrected chi connectivity index (χ0v) is 18.7. The molecular formula is C24H25F2N5O3. The minimum Gasteiger partial charge on any atom is -0.350 e. The van der Waals surface area contributed by atoms with E-state index < -0.39 is 35.1 Å². The van der Waals surface area contributed by atoms with E-state index in [2.05, 4.69) is 21.0 Å². The van der Waals surface area contributed by atoms with E-state index in [-0.39, 0.29) is 24.9 Å². The number of carbonyl (C=O) groups excluding carboxylic acids is 3. The van der Waals surface area contributed by atoms with Gasteiger partial charge in [0.25, 0.3) is 5.91 Å². The first-order valence-electron chi connectivity index (χ1n) is 10.6. The van der Waals surface area contributed by atoms with Gasteiger partial charge in [0, 0.05) is 24.6 Å². The number of hydrogen-bond acceptors (Lipinski definition) is 4. The Hall–Kier alpha value is -4.08. The molecule has 10 heteroatoms. The molecule has 3 amide bonds. The van der Waals surface area contributed by atoms with Crippen molar-refractivity contribution in [2.45, 2.75) is 33.0 Å². The van der Waals surface area contributed by atoms with E-state index in [1.807, 2.05) is 0 Å². The van der Waals surface area contributed by atoms with E-state index in [4.69, 9.17) is 0 Å². The molecule has 0 aliphatic carbocycles. The summed E-state index contributed by atoms with van der Waals surface area (Å²) in [5.41, 5.74) is 0.520. The van der Waals surface area contributed by atoms with Gasteiger partial charge < -0.3 is 16.0 Å². The quantitative estimate of drug-likeness (QED) is 0.448. The van der Waals surface area contributed by atoms with Crippen LogP contribution >= 0.6 is 0 Å². The van der Waals surface area contributed by atoms with E-state index in [1.54, 1.807) is 56.6 Å². The van der Waals surface area contributed by atoms with Crippen LogP contribution in [0.25, 0.3) is 0 Å². The SMILES string of the molecule is CC(C)[C@H](NC(=O)c1c(F)cccc1F)C(=O)NCc1cccc(NC(=O)Cn2cccn2)c1. The Balaban J connectivity index is 1.60. The van der Waals surface area contributed by atoms with Crippen LogP contribution in [0.4, 0.5) is 14.5 Å². The summed E-state index contributed by atoms with van der Waals surface area (Å²) in [6.45, 7) is 3.59. The fraction of sp³-hybridized carbons (Fsp3) is 0.250. The Morgan fingerprint density at radius 1 is 1.03 bits per heavy atom. The Bertz CT molecular complexity index is 1140. The van der Waals surface area contributed by atoms with E-state index in [0.29, 0.717) is 11.3 Å². The lowest BCUT2D eigenvalue weighted by molar-refractivity contribution is -0.124. The lowest BCUT2D eigenvalue weighted by Crippen LogP contribution is -2.49. The van der Waals surface area contributed by atoms with Crippen molar-refractivity contribution in [3.8, 4) is 0 Å². The van der Waals surface area contributed by atoms with Crippen molar-refractivity contribution in [2.24, 2.45) is 5.92 Å². The molecule has 3 N–H and O–H groups in total. The van der Waals surface area contributed by atoms with Crippen molar-refractivity contribution >= 4 is 23.4 Å². The van der Waals surface area contributed by atoms with Gasteiger partial charge in [-0.3, -0.25) is 19.1 Å². The van der Waals surface area contributed by atoms with Gasteiger partial charge in [-0.1, -0.05) is 32.0 Å². The number of aromatic nitrogens is 2. The van der Waals surface area contributed by atoms with Crippen LogP contribution in [0.1, 0.15) is 29.8 Å².